The van der Waals surface area contributed by atoms with Crippen molar-refractivity contribution < 1.29 is 13.9 Å². The summed E-state index contributed by atoms with van der Waals surface area (Å²) in [6, 6.07) is 4.86. The maximum absolute atomic E-state index is 13.0. The van der Waals surface area contributed by atoms with Crippen molar-refractivity contribution in [2.75, 3.05) is 6.61 Å². The first-order chi connectivity index (χ1) is 6.47. The number of aliphatic hydroxyl groups excluding tert-OH is 1. The fraction of sp³-hybridized carbons (Fsp3) is 0.333. The van der Waals surface area contributed by atoms with E-state index in [1.807, 2.05) is 0 Å². The molecule has 0 fully saturated rings. The van der Waals surface area contributed by atoms with Crippen molar-refractivity contribution in [3.8, 4) is 0 Å². The molecule has 1 aromatic carbocycles. The molecule has 6 heteroatoms. The minimum absolute atomic E-state index is 0. The summed E-state index contributed by atoms with van der Waals surface area (Å²) >= 11 is 3.16. The van der Waals surface area contributed by atoms with Gasteiger partial charge in [0.2, 0.25) is 0 Å². The van der Waals surface area contributed by atoms with Gasteiger partial charge in [-0.1, -0.05) is 28.1 Å². The Morgan fingerprint density at radius 1 is 1.47 bits per heavy atom. The molecular weight excluding hydrogens is 291 g/mol. The van der Waals surface area contributed by atoms with Crippen LogP contribution in [0.25, 0.3) is 0 Å². The van der Waals surface area contributed by atoms with Gasteiger partial charge in [-0.15, -0.1) is 12.4 Å². The van der Waals surface area contributed by atoms with E-state index in [0.717, 1.165) is 0 Å². The lowest BCUT2D eigenvalue weighted by molar-refractivity contribution is -0.0711. The molecule has 0 unspecified atom stereocenters. The third-order valence-electron chi connectivity index (χ3n) is 1.87. The Balaban J connectivity index is 0.00000196. The second kappa shape index (κ2) is 5.75. The second-order valence-corrected chi connectivity index (χ2v) is 3.87. The number of hydrogen-bond acceptors (Lipinski definition) is 2. The molecule has 0 saturated heterocycles. The number of nitrogens with two attached hydrogens (primary N) is 1. The lowest BCUT2D eigenvalue weighted by Gasteiger charge is -2.21. The van der Waals surface area contributed by atoms with Crippen molar-refractivity contribution in [3.05, 3.63) is 34.3 Å². The zero-order chi connectivity index (χ0) is 10.8. The van der Waals surface area contributed by atoms with E-state index < -0.39 is 18.6 Å². The Hall–Kier alpha value is -0.230. The summed E-state index contributed by atoms with van der Waals surface area (Å²) in [5.41, 5.74) is 5.61. The molecule has 0 aliphatic rings. The second-order valence-electron chi connectivity index (χ2n) is 2.95. The highest BCUT2D eigenvalue weighted by molar-refractivity contribution is 9.10. The SMILES string of the molecule is Cl.N[C@H](c1cccc(Br)c1)C(F)(F)CO. The van der Waals surface area contributed by atoms with Crippen LogP contribution in [0.1, 0.15) is 11.6 Å². The van der Waals surface area contributed by atoms with Gasteiger partial charge < -0.3 is 10.8 Å². The Morgan fingerprint density at radius 3 is 2.53 bits per heavy atom. The average molecular weight is 303 g/mol. The van der Waals surface area contributed by atoms with Crippen LogP contribution in [0.3, 0.4) is 0 Å². The normalized spacial score (nSPS) is 13.1. The highest BCUT2D eigenvalue weighted by Gasteiger charge is 2.37. The highest BCUT2D eigenvalue weighted by atomic mass is 79.9. The predicted octanol–water partition coefficient (Wildman–Crippen LogP) is 2.50. The molecule has 0 heterocycles. The van der Waals surface area contributed by atoms with Gasteiger partial charge in [-0.3, -0.25) is 0 Å². The Bertz CT molecular complexity index is 325. The number of hydrogen-bond donors (Lipinski definition) is 2. The van der Waals surface area contributed by atoms with Gasteiger partial charge in [0.15, 0.2) is 0 Å². The first kappa shape index (κ1) is 14.8. The number of alkyl halides is 2. The van der Waals surface area contributed by atoms with E-state index in [0.29, 0.717) is 10.0 Å². The summed E-state index contributed by atoms with van der Waals surface area (Å²) in [4.78, 5) is 0. The molecule has 0 radical (unpaired) electrons. The van der Waals surface area contributed by atoms with Crippen LogP contribution in [-0.4, -0.2) is 17.6 Å². The van der Waals surface area contributed by atoms with Gasteiger partial charge in [-0.2, -0.15) is 0 Å². The van der Waals surface area contributed by atoms with Crippen LogP contribution in [-0.2, 0) is 0 Å². The maximum atomic E-state index is 13.0. The van der Waals surface area contributed by atoms with Gasteiger partial charge in [-0.05, 0) is 17.7 Å². The fourth-order valence-electron chi connectivity index (χ4n) is 1.04. The van der Waals surface area contributed by atoms with E-state index >= 15 is 0 Å². The summed E-state index contributed by atoms with van der Waals surface area (Å²) in [6.45, 7) is -1.25. The van der Waals surface area contributed by atoms with Crippen molar-refractivity contribution in [1.29, 1.82) is 0 Å². The molecule has 0 spiro atoms. The molecule has 1 rings (SSSR count). The lowest BCUT2D eigenvalue weighted by atomic mass is 10.0. The molecule has 0 aliphatic carbocycles. The van der Waals surface area contributed by atoms with Crippen molar-refractivity contribution >= 4 is 28.3 Å². The monoisotopic (exact) mass is 301 g/mol. The van der Waals surface area contributed by atoms with Crippen molar-refractivity contribution in [2.45, 2.75) is 12.0 Å². The Labute approximate surface area is 101 Å². The fourth-order valence-corrected chi connectivity index (χ4v) is 1.46. The van der Waals surface area contributed by atoms with Gasteiger partial charge in [-0.25, -0.2) is 8.78 Å². The van der Waals surface area contributed by atoms with Crippen molar-refractivity contribution in [1.82, 2.24) is 0 Å². The van der Waals surface area contributed by atoms with E-state index in [2.05, 4.69) is 15.9 Å². The van der Waals surface area contributed by atoms with E-state index in [9.17, 15) is 8.78 Å². The summed E-state index contributed by atoms with van der Waals surface area (Å²) in [5, 5.41) is 8.45. The molecular formula is C9H11BrClF2NO. The average Bonchev–Trinajstić information content (AvgIpc) is 2.16. The van der Waals surface area contributed by atoms with E-state index in [1.165, 1.54) is 12.1 Å². The smallest absolute Gasteiger partial charge is 0.289 e. The van der Waals surface area contributed by atoms with Crippen LogP contribution in [0, 0.1) is 0 Å². The zero-order valence-corrected chi connectivity index (χ0v) is 10.1. The third-order valence-corrected chi connectivity index (χ3v) is 2.37. The predicted molar refractivity (Wildman–Crippen MR) is 60.4 cm³/mol. The molecule has 3 N–H and O–H groups in total. The minimum atomic E-state index is -3.29. The van der Waals surface area contributed by atoms with Gasteiger partial charge >= 0.3 is 0 Å². The lowest BCUT2D eigenvalue weighted by Crippen LogP contribution is -2.36. The third kappa shape index (κ3) is 3.68. The highest BCUT2D eigenvalue weighted by Crippen LogP contribution is 2.29. The summed E-state index contributed by atoms with van der Waals surface area (Å²) in [7, 11) is 0. The van der Waals surface area contributed by atoms with Crippen LogP contribution < -0.4 is 5.73 Å². The summed E-state index contributed by atoms with van der Waals surface area (Å²) in [6.07, 6.45) is 0. The van der Waals surface area contributed by atoms with Crippen LogP contribution in [0.4, 0.5) is 8.78 Å². The molecule has 0 aliphatic heterocycles. The van der Waals surface area contributed by atoms with Gasteiger partial charge in [0.25, 0.3) is 5.92 Å². The molecule has 2 nitrogen and oxygen atoms in total. The maximum Gasteiger partial charge on any atom is 0.289 e. The van der Waals surface area contributed by atoms with Gasteiger partial charge in [0.1, 0.15) is 6.61 Å². The van der Waals surface area contributed by atoms with Crippen molar-refractivity contribution in [2.24, 2.45) is 5.73 Å². The van der Waals surface area contributed by atoms with Crippen LogP contribution in [0.2, 0.25) is 0 Å². The van der Waals surface area contributed by atoms with Crippen molar-refractivity contribution in [3.63, 3.8) is 0 Å². The largest absolute Gasteiger partial charge is 0.390 e. The zero-order valence-electron chi connectivity index (χ0n) is 7.66. The number of halogens is 4. The topological polar surface area (TPSA) is 46.2 Å². The number of benzene rings is 1. The molecule has 0 aromatic heterocycles. The Kier molecular flexibility index (Phi) is 5.66. The van der Waals surface area contributed by atoms with Gasteiger partial charge in [0, 0.05) is 4.47 Å². The summed E-state index contributed by atoms with van der Waals surface area (Å²) < 4.78 is 26.6. The molecule has 1 atom stereocenters. The minimum Gasteiger partial charge on any atom is -0.390 e. The number of aliphatic hydroxyl groups is 1. The quantitative estimate of drug-likeness (QED) is 0.901. The standard InChI is InChI=1S/C9H10BrF2NO.ClH/c10-7-3-1-2-6(4-7)8(13)9(11,12)5-14;/h1-4,8,14H,5,13H2;1H/t8-;/m1./s1. The first-order valence-corrected chi connectivity index (χ1v) is 4.76. The molecule has 0 bridgehead atoms. The van der Waals surface area contributed by atoms with Crippen LogP contribution in [0.15, 0.2) is 28.7 Å². The molecule has 0 saturated carbocycles. The molecule has 1 aromatic rings. The first-order valence-electron chi connectivity index (χ1n) is 3.97. The van der Waals surface area contributed by atoms with Crippen LogP contribution >= 0.6 is 28.3 Å². The van der Waals surface area contributed by atoms with Gasteiger partial charge in [0.05, 0.1) is 6.04 Å². The molecule has 0 amide bonds. The summed E-state index contributed by atoms with van der Waals surface area (Å²) in [5.74, 6) is -3.29. The van der Waals surface area contributed by atoms with E-state index in [1.54, 1.807) is 12.1 Å². The Morgan fingerprint density at radius 2 is 2.07 bits per heavy atom. The van der Waals surface area contributed by atoms with Crippen LogP contribution in [0.5, 0.6) is 0 Å². The van der Waals surface area contributed by atoms with E-state index in [-0.39, 0.29) is 12.4 Å². The molecule has 86 valence electrons. The number of rotatable bonds is 3. The molecule has 15 heavy (non-hydrogen) atoms. The van der Waals surface area contributed by atoms with E-state index in [4.69, 9.17) is 10.8 Å².